The van der Waals surface area contributed by atoms with Crippen LogP contribution >= 0.6 is 0 Å². The summed E-state index contributed by atoms with van der Waals surface area (Å²) >= 11 is 0. The number of hydrogen-bond donors (Lipinski definition) is 1. The number of carbonyl (C=O) groups is 1. The third kappa shape index (κ3) is 4.66. The van der Waals surface area contributed by atoms with Gasteiger partial charge < -0.3 is 10.0 Å². The van der Waals surface area contributed by atoms with Crippen molar-refractivity contribution >= 4 is 5.91 Å². The lowest BCUT2D eigenvalue weighted by atomic mass is 9.93. The van der Waals surface area contributed by atoms with Gasteiger partial charge in [-0.3, -0.25) is 4.79 Å². The van der Waals surface area contributed by atoms with E-state index in [0.717, 1.165) is 19.3 Å². The van der Waals surface area contributed by atoms with Gasteiger partial charge in [0.2, 0.25) is 5.91 Å². The summed E-state index contributed by atoms with van der Waals surface area (Å²) in [5.74, 6) is 0.688. The zero-order valence-electron chi connectivity index (χ0n) is 11.3. The first-order valence-corrected chi connectivity index (χ1v) is 7.09. The van der Waals surface area contributed by atoms with Crippen LogP contribution in [0.25, 0.3) is 0 Å². The molecule has 1 atom stereocenters. The largest absolute Gasteiger partial charge is 0.395 e. The maximum absolute atomic E-state index is 12.2. The van der Waals surface area contributed by atoms with Crippen molar-refractivity contribution < 1.29 is 9.90 Å². The molecule has 1 N–H and O–H groups in total. The van der Waals surface area contributed by atoms with Crippen molar-refractivity contribution in [3.05, 3.63) is 0 Å². The van der Waals surface area contributed by atoms with E-state index in [1.54, 1.807) is 0 Å². The highest BCUT2D eigenvalue weighted by molar-refractivity contribution is 5.76. The van der Waals surface area contributed by atoms with Gasteiger partial charge in [-0.25, -0.2) is 0 Å². The van der Waals surface area contributed by atoms with Gasteiger partial charge >= 0.3 is 0 Å². The Morgan fingerprint density at radius 2 is 2.00 bits per heavy atom. The van der Waals surface area contributed by atoms with Crippen LogP contribution < -0.4 is 0 Å². The van der Waals surface area contributed by atoms with Crippen LogP contribution in [0.5, 0.6) is 0 Å². The highest BCUT2D eigenvalue weighted by Gasteiger charge is 2.25. The molecular weight excluding hydrogens is 214 g/mol. The van der Waals surface area contributed by atoms with E-state index in [2.05, 4.69) is 13.8 Å². The minimum atomic E-state index is 0.0861. The molecule has 0 radical (unpaired) electrons. The van der Waals surface area contributed by atoms with Crippen LogP contribution in [0.4, 0.5) is 0 Å². The second-order valence-corrected chi connectivity index (χ2v) is 5.32. The molecule has 1 rings (SSSR count). The van der Waals surface area contributed by atoms with Gasteiger partial charge in [-0.15, -0.1) is 0 Å². The molecule has 3 heteroatoms. The Labute approximate surface area is 105 Å². The van der Waals surface area contributed by atoms with Crippen molar-refractivity contribution in [2.24, 2.45) is 5.92 Å². The first-order valence-electron chi connectivity index (χ1n) is 7.09. The smallest absolute Gasteiger partial charge is 0.223 e. The molecule has 0 heterocycles. The molecule has 0 bridgehead atoms. The number of aliphatic hydroxyl groups is 1. The number of nitrogens with zero attached hydrogens (tertiary/aromatic N) is 1. The van der Waals surface area contributed by atoms with Crippen molar-refractivity contribution in [3.63, 3.8) is 0 Å². The molecule has 0 spiro atoms. The third-order valence-electron chi connectivity index (χ3n) is 3.90. The number of rotatable bonds is 6. The Hall–Kier alpha value is -0.570. The van der Waals surface area contributed by atoms with Gasteiger partial charge in [-0.05, 0) is 18.8 Å². The second-order valence-electron chi connectivity index (χ2n) is 5.32. The normalized spacial score (nSPS) is 19.0. The fourth-order valence-electron chi connectivity index (χ4n) is 2.57. The van der Waals surface area contributed by atoms with E-state index in [-0.39, 0.29) is 12.5 Å². The van der Waals surface area contributed by atoms with Crippen molar-refractivity contribution in [1.82, 2.24) is 4.90 Å². The predicted octanol–water partition coefficient (Wildman–Crippen LogP) is 2.58. The predicted molar refractivity (Wildman–Crippen MR) is 69.7 cm³/mol. The zero-order valence-corrected chi connectivity index (χ0v) is 11.3. The summed E-state index contributed by atoms with van der Waals surface area (Å²) < 4.78 is 0. The van der Waals surface area contributed by atoms with Gasteiger partial charge in [-0.2, -0.15) is 0 Å². The van der Waals surface area contributed by atoms with Crippen LogP contribution in [-0.2, 0) is 4.79 Å². The Bertz CT molecular complexity index is 224. The highest BCUT2D eigenvalue weighted by atomic mass is 16.3. The molecule has 1 fully saturated rings. The standard InChI is InChI=1S/C14H27NO2/c1-3-12(2)11-14(17)15(9-10-16)13-7-5-4-6-8-13/h12-13,16H,3-11H2,1-2H3. The Kier molecular flexibility index (Phi) is 6.56. The molecule has 100 valence electrons. The van der Waals surface area contributed by atoms with Crippen molar-refractivity contribution in [2.45, 2.75) is 64.8 Å². The molecule has 1 saturated carbocycles. The van der Waals surface area contributed by atoms with Gasteiger partial charge in [0.15, 0.2) is 0 Å². The number of aliphatic hydroxyl groups excluding tert-OH is 1. The van der Waals surface area contributed by atoms with Gasteiger partial charge in [0.1, 0.15) is 0 Å². The fourth-order valence-corrected chi connectivity index (χ4v) is 2.57. The molecule has 0 aromatic heterocycles. The minimum Gasteiger partial charge on any atom is -0.395 e. The number of carbonyl (C=O) groups excluding carboxylic acids is 1. The molecule has 17 heavy (non-hydrogen) atoms. The lowest BCUT2D eigenvalue weighted by molar-refractivity contribution is -0.135. The first-order chi connectivity index (χ1) is 8.19. The van der Waals surface area contributed by atoms with Crippen LogP contribution in [0.1, 0.15) is 58.8 Å². The molecule has 1 aliphatic carbocycles. The second kappa shape index (κ2) is 7.70. The van der Waals surface area contributed by atoms with Crippen LogP contribution in [0.2, 0.25) is 0 Å². The van der Waals surface area contributed by atoms with Crippen molar-refractivity contribution in [2.75, 3.05) is 13.2 Å². The average Bonchev–Trinajstić information content (AvgIpc) is 2.36. The summed E-state index contributed by atoms with van der Waals surface area (Å²) in [6.07, 6.45) is 7.66. The van der Waals surface area contributed by atoms with E-state index in [1.165, 1.54) is 19.3 Å². The highest BCUT2D eigenvalue weighted by Crippen LogP contribution is 2.23. The molecule has 1 aliphatic rings. The van der Waals surface area contributed by atoms with Crippen LogP contribution in [-0.4, -0.2) is 35.1 Å². The summed E-state index contributed by atoms with van der Waals surface area (Å²) in [7, 11) is 0. The maximum atomic E-state index is 12.2. The SMILES string of the molecule is CCC(C)CC(=O)N(CCO)C1CCCCC1. The van der Waals surface area contributed by atoms with Gasteiger partial charge in [0, 0.05) is 19.0 Å². The van der Waals surface area contributed by atoms with Crippen molar-refractivity contribution in [3.8, 4) is 0 Å². The fraction of sp³-hybridized carbons (Fsp3) is 0.929. The maximum Gasteiger partial charge on any atom is 0.223 e. The zero-order chi connectivity index (χ0) is 12.7. The lowest BCUT2D eigenvalue weighted by Gasteiger charge is -2.34. The monoisotopic (exact) mass is 241 g/mol. The molecular formula is C14H27NO2. The van der Waals surface area contributed by atoms with E-state index >= 15 is 0 Å². The van der Waals surface area contributed by atoms with Crippen LogP contribution in [0.3, 0.4) is 0 Å². The summed E-state index contributed by atoms with van der Waals surface area (Å²) in [6, 6.07) is 0.382. The molecule has 0 aromatic carbocycles. The van der Waals surface area contributed by atoms with E-state index < -0.39 is 0 Å². The topological polar surface area (TPSA) is 40.5 Å². The van der Waals surface area contributed by atoms with E-state index in [9.17, 15) is 4.79 Å². The van der Waals surface area contributed by atoms with Crippen molar-refractivity contribution in [1.29, 1.82) is 0 Å². The van der Waals surface area contributed by atoms with Gasteiger partial charge in [0.05, 0.1) is 6.61 Å². The molecule has 0 aromatic rings. The average molecular weight is 241 g/mol. The molecule has 1 amide bonds. The lowest BCUT2D eigenvalue weighted by Crippen LogP contribution is -2.43. The van der Waals surface area contributed by atoms with Gasteiger partial charge in [0.25, 0.3) is 0 Å². The molecule has 0 aliphatic heterocycles. The molecule has 0 saturated heterocycles. The Morgan fingerprint density at radius 3 is 2.53 bits per heavy atom. The van der Waals surface area contributed by atoms with E-state index in [1.807, 2.05) is 4.90 Å². The number of amides is 1. The number of hydrogen-bond acceptors (Lipinski definition) is 2. The summed E-state index contributed by atoms with van der Waals surface area (Å²) in [6.45, 7) is 4.84. The van der Waals surface area contributed by atoms with Crippen LogP contribution in [0, 0.1) is 5.92 Å². The minimum absolute atomic E-state index is 0.0861. The Balaban J connectivity index is 2.53. The summed E-state index contributed by atoms with van der Waals surface area (Å²) in [5.41, 5.74) is 0. The summed E-state index contributed by atoms with van der Waals surface area (Å²) in [5, 5.41) is 9.11. The first kappa shape index (κ1) is 14.5. The third-order valence-corrected chi connectivity index (χ3v) is 3.90. The van der Waals surface area contributed by atoms with Crippen LogP contribution in [0.15, 0.2) is 0 Å². The van der Waals surface area contributed by atoms with E-state index in [0.29, 0.717) is 24.9 Å². The quantitative estimate of drug-likeness (QED) is 0.776. The van der Waals surface area contributed by atoms with Gasteiger partial charge in [-0.1, -0.05) is 39.5 Å². The Morgan fingerprint density at radius 1 is 1.35 bits per heavy atom. The summed E-state index contributed by atoms with van der Waals surface area (Å²) in [4.78, 5) is 14.2. The molecule has 3 nitrogen and oxygen atoms in total. The molecule has 1 unspecified atom stereocenters. The van der Waals surface area contributed by atoms with E-state index in [4.69, 9.17) is 5.11 Å².